The van der Waals surface area contributed by atoms with Crippen LogP contribution in [0.3, 0.4) is 0 Å². The minimum atomic E-state index is -0.366. The monoisotopic (exact) mass is 323 g/mol. The number of carbonyl (C=O) groups is 1. The van der Waals surface area contributed by atoms with Crippen molar-refractivity contribution in [1.29, 1.82) is 0 Å². The van der Waals surface area contributed by atoms with Crippen LogP contribution < -0.4 is 5.32 Å². The van der Waals surface area contributed by atoms with Crippen molar-refractivity contribution in [2.24, 2.45) is 0 Å². The smallest absolute Gasteiger partial charge is 0.235 e. The first-order chi connectivity index (χ1) is 11.8. The second-order valence-electron chi connectivity index (χ2n) is 6.45. The lowest BCUT2D eigenvalue weighted by Gasteiger charge is -2.24. The summed E-state index contributed by atoms with van der Waals surface area (Å²) in [5, 5.41) is 3.07. The molecule has 2 aromatic rings. The highest BCUT2D eigenvalue weighted by molar-refractivity contribution is 6.01. The predicted molar refractivity (Wildman–Crippen MR) is 91.7 cm³/mol. The lowest BCUT2D eigenvalue weighted by atomic mass is 9.95. The molecule has 0 atom stereocenters. The van der Waals surface area contributed by atoms with Crippen LogP contribution in [0.2, 0.25) is 0 Å². The Balaban J connectivity index is 1.50. The molecule has 0 bridgehead atoms. The van der Waals surface area contributed by atoms with Gasteiger partial charge in [-0.1, -0.05) is 42.5 Å². The molecule has 2 aliphatic rings. The second kappa shape index (κ2) is 6.38. The van der Waals surface area contributed by atoms with Gasteiger partial charge in [-0.05, 0) is 37.0 Å². The molecule has 124 valence electrons. The van der Waals surface area contributed by atoms with E-state index in [0.717, 1.165) is 36.1 Å². The molecule has 4 rings (SSSR count). The number of carbonyl (C=O) groups excluding carboxylic acids is 1. The molecule has 0 spiro atoms. The fourth-order valence-electron chi connectivity index (χ4n) is 3.22. The Labute approximate surface area is 141 Å². The van der Waals surface area contributed by atoms with Gasteiger partial charge in [0, 0.05) is 11.3 Å². The van der Waals surface area contributed by atoms with Crippen LogP contribution in [-0.4, -0.2) is 19.1 Å². The van der Waals surface area contributed by atoms with Crippen molar-refractivity contribution in [3.05, 3.63) is 65.7 Å². The van der Waals surface area contributed by atoms with E-state index in [9.17, 15) is 4.79 Å². The Morgan fingerprint density at radius 2 is 1.75 bits per heavy atom. The van der Waals surface area contributed by atoms with Gasteiger partial charge in [-0.3, -0.25) is 4.79 Å². The number of nitrogens with one attached hydrogen (secondary N) is 1. The molecule has 4 heteroatoms. The average Bonchev–Trinajstić information content (AvgIpc) is 3.46. The van der Waals surface area contributed by atoms with Crippen molar-refractivity contribution in [1.82, 2.24) is 0 Å². The number of rotatable bonds is 4. The van der Waals surface area contributed by atoms with Gasteiger partial charge in [0.05, 0.1) is 18.6 Å². The van der Waals surface area contributed by atoms with Crippen LogP contribution >= 0.6 is 0 Å². The summed E-state index contributed by atoms with van der Waals surface area (Å²) >= 11 is 0. The normalized spacial score (nSPS) is 19.7. The zero-order chi connectivity index (χ0) is 16.4. The van der Waals surface area contributed by atoms with E-state index in [1.54, 1.807) is 0 Å². The van der Waals surface area contributed by atoms with Crippen molar-refractivity contribution in [2.45, 2.75) is 31.0 Å². The largest absolute Gasteiger partial charge is 0.348 e. The first kappa shape index (κ1) is 15.4. The molecule has 1 saturated carbocycles. The highest BCUT2D eigenvalue weighted by atomic mass is 16.7. The minimum absolute atomic E-state index is 0.0660. The maximum atomic E-state index is 12.8. The average molecular weight is 323 g/mol. The second-order valence-corrected chi connectivity index (χ2v) is 6.45. The highest BCUT2D eigenvalue weighted by Crippen LogP contribution is 2.49. The zero-order valence-corrected chi connectivity index (χ0v) is 13.5. The van der Waals surface area contributed by atoms with Crippen molar-refractivity contribution in [2.75, 3.05) is 18.5 Å². The van der Waals surface area contributed by atoms with Crippen LogP contribution in [0.5, 0.6) is 0 Å². The first-order valence-electron chi connectivity index (χ1n) is 8.48. The number of hydrogen-bond acceptors (Lipinski definition) is 3. The Hall–Kier alpha value is -2.17. The van der Waals surface area contributed by atoms with Crippen molar-refractivity contribution in [3.63, 3.8) is 0 Å². The third-order valence-electron chi connectivity index (χ3n) is 4.75. The summed E-state index contributed by atoms with van der Waals surface area (Å²) in [6.45, 7) is 1.41. The van der Waals surface area contributed by atoms with E-state index in [2.05, 4.69) is 5.32 Å². The fourth-order valence-corrected chi connectivity index (χ4v) is 3.22. The van der Waals surface area contributed by atoms with Crippen LogP contribution in [0.25, 0.3) is 0 Å². The first-order valence-corrected chi connectivity index (χ1v) is 8.48. The molecule has 1 aliphatic carbocycles. The van der Waals surface area contributed by atoms with E-state index in [1.807, 2.05) is 54.6 Å². The van der Waals surface area contributed by atoms with Crippen LogP contribution in [0.1, 0.15) is 36.7 Å². The molecule has 2 fully saturated rings. The molecule has 0 aromatic heterocycles. The van der Waals surface area contributed by atoms with Crippen LogP contribution in [0.4, 0.5) is 5.69 Å². The summed E-state index contributed by atoms with van der Waals surface area (Å²) in [7, 11) is 0. The van der Waals surface area contributed by atoms with Gasteiger partial charge >= 0.3 is 0 Å². The maximum Gasteiger partial charge on any atom is 0.235 e. The summed E-state index contributed by atoms with van der Waals surface area (Å²) in [6.07, 6.45) is 2.39. The van der Waals surface area contributed by atoms with E-state index in [-0.39, 0.29) is 17.6 Å². The van der Waals surface area contributed by atoms with E-state index in [1.165, 1.54) is 0 Å². The summed E-state index contributed by atoms with van der Waals surface area (Å²) in [6, 6.07) is 17.8. The summed E-state index contributed by atoms with van der Waals surface area (Å²) in [4.78, 5) is 12.8. The van der Waals surface area contributed by atoms with Crippen LogP contribution in [0.15, 0.2) is 54.6 Å². The van der Waals surface area contributed by atoms with E-state index < -0.39 is 0 Å². The van der Waals surface area contributed by atoms with E-state index >= 15 is 0 Å². The zero-order valence-electron chi connectivity index (χ0n) is 13.5. The van der Waals surface area contributed by atoms with Gasteiger partial charge in [-0.2, -0.15) is 0 Å². The fraction of sp³-hybridized carbons (Fsp3) is 0.350. The standard InChI is InChI=1S/C20H21NO3/c22-19(20(10-11-20)16-7-2-1-3-8-16)21-17-9-4-6-15(14-17)18-23-12-5-13-24-18/h1-4,6-9,14,18H,5,10-13H2,(H,21,22). The number of anilines is 1. The molecule has 24 heavy (non-hydrogen) atoms. The number of ether oxygens (including phenoxy) is 2. The van der Waals surface area contributed by atoms with Gasteiger partial charge in [-0.15, -0.1) is 0 Å². The summed E-state index contributed by atoms with van der Waals surface area (Å²) in [5.74, 6) is 0.0660. The number of hydrogen-bond donors (Lipinski definition) is 1. The van der Waals surface area contributed by atoms with Gasteiger partial charge < -0.3 is 14.8 Å². The highest BCUT2D eigenvalue weighted by Gasteiger charge is 2.51. The quantitative estimate of drug-likeness (QED) is 0.931. The summed E-state index contributed by atoms with van der Waals surface area (Å²) in [5.41, 5.74) is 2.46. The van der Waals surface area contributed by atoms with E-state index in [0.29, 0.717) is 13.2 Å². The molecule has 1 saturated heterocycles. The van der Waals surface area contributed by atoms with E-state index in [4.69, 9.17) is 9.47 Å². The topological polar surface area (TPSA) is 47.6 Å². The van der Waals surface area contributed by atoms with Gasteiger partial charge in [0.2, 0.25) is 5.91 Å². The molecule has 1 aliphatic heterocycles. The molecule has 1 N–H and O–H groups in total. The maximum absolute atomic E-state index is 12.8. The Morgan fingerprint density at radius 3 is 2.46 bits per heavy atom. The lowest BCUT2D eigenvalue weighted by molar-refractivity contribution is -0.183. The van der Waals surface area contributed by atoms with Crippen molar-refractivity contribution >= 4 is 11.6 Å². The number of benzene rings is 2. The van der Waals surface area contributed by atoms with Gasteiger partial charge in [-0.25, -0.2) is 0 Å². The Bertz CT molecular complexity index is 719. The third-order valence-corrected chi connectivity index (χ3v) is 4.75. The van der Waals surface area contributed by atoms with Crippen molar-refractivity contribution < 1.29 is 14.3 Å². The molecule has 0 radical (unpaired) electrons. The van der Waals surface area contributed by atoms with Gasteiger partial charge in [0.1, 0.15) is 0 Å². The Morgan fingerprint density at radius 1 is 1.00 bits per heavy atom. The van der Waals surface area contributed by atoms with Crippen LogP contribution in [-0.2, 0) is 19.7 Å². The molecule has 2 aromatic carbocycles. The van der Waals surface area contributed by atoms with Gasteiger partial charge in [0.15, 0.2) is 6.29 Å². The third kappa shape index (κ3) is 2.95. The van der Waals surface area contributed by atoms with Crippen molar-refractivity contribution in [3.8, 4) is 0 Å². The lowest BCUT2D eigenvalue weighted by Crippen LogP contribution is -2.27. The number of amides is 1. The SMILES string of the molecule is O=C(Nc1cccc(C2OCCCO2)c1)C1(c2ccccc2)CC1. The predicted octanol–water partition coefficient (Wildman–Crippen LogP) is 3.79. The molecule has 4 nitrogen and oxygen atoms in total. The molecule has 0 unspecified atom stereocenters. The molecular formula is C20H21NO3. The van der Waals surface area contributed by atoms with Crippen LogP contribution in [0, 0.1) is 0 Å². The molecule has 1 heterocycles. The van der Waals surface area contributed by atoms with Gasteiger partial charge in [0.25, 0.3) is 0 Å². The molecule has 1 amide bonds. The summed E-state index contributed by atoms with van der Waals surface area (Å²) < 4.78 is 11.3. The molecular weight excluding hydrogens is 302 g/mol. The Kier molecular flexibility index (Phi) is 4.08. The minimum Gasteiger partial charge on any atom is -0.348 e.